The molecular weight excluding hydrogens is 192 g/mol. The van der Waals surface area contributed by atoms with E-state index in [-0.39, 0.29) is 5.69 Å². The third kappa shape index (κ3) is 1.51. The second kappa shape index (κ2) is 3.33. The van der Waals surface area contributed by atoms with Gasteiger partial charge in [0.2, 0.25) is 0 Å². The van der Waals surface area contributed by atoms with Crippen molar-refractivity contribution in [2.24, 2.45) is 0 Å². The molecule has 1 aromatic heterocycles. The van der Waals surface area contributed by atoms with Gasteiger partial charge in [-0.25, -0.2) is 9.89 Å². The Hall–Kier alpha value is -1.10. The van der Waals surface area contributed by atoms with Gasteiger partial charge in [0.05, 0.1) is 5.70 Å². The van der Waals surface area contributed by atoms with Crippen molar-refractivity contribution in [3.8, 4) is 0 Å². The summed E-state index contributed by atoms with van der Waals surface area (Å²) in [4.78, 5) is 11.2. The highest BCUT2D eigenvalue weighted by molar-refractivity contribution is 6.32. The van der Waals surface area contributed by atoms with Crippen molar-refractivity contribution < 1.29 is 0 Å². The Bertz CT molecular complexity index is 391. The Morgan fingerprint density at radius 2 is 2.15 bits per heavy atom. The van der Waals surface area contributed by atoms with E-state index in [2.05, 4.69) is 15.5 Å². The van der Waals surface area contributed by atoms with E-state index in [0.717, 1.165) is 36.4 Å². The molecule has 0 fully saturated rings. The zero-order valence-electron chi connectivity index (χ0n) is 6.96. The highest BCUT2D eigenvalue weighted by Gasteiger charge is 2.15. The van der Waals surface area contributed by atoms with Crippen LogP contribution in [-0.4, -0.2) is 20.2 Å². The number of H-pyrrole nitrogens is 1. The van der Waals surface area contributed by atoms with Gasteiger partial charge in [-0.2, -0.15) is 4.68 Å². The minimum Gasteiger partial charge on any atom is -0.244 e. The van der Waals surface area contributed by atoms with Gasteiger partial charge >= 0.3 is 5.69 Å². The maximum atomic E-state index is 11.2. The number of halogens is 1. The monoisotopic (exact) mass is 200 g/mol. The molecule has 0 aromatic carbocycles. The molecule has 1 N–H and O–H groups in total. The van der Waals surface area contributed by atoms with Crippen LogP contribution in [0, 0.1) is 0 Å². The number of hydrogen-bond acceptors (Lipinski definition) is 3. The SMILES string of the molecule is O=c1[nH]nnn1C1=C(Cl)CCCC1. The average molecular weight is 201 g/mol. The molecule has 70 valence electrons. The fourth-order valence-corrected chi connectivity index (χ4v) is 1.76. The number of allylic oxidation sites excluding steroid dienone is 2. The van der Waals surface area contributed by atoms with E-state index < -0.39 is 0 Å². The lowest BCUT2D eigenvalue weighted by Gasteiger charge is -2.13. The summed E-state index contributed by atoms with van der Waals surface area (Å²) in [6.07, 6.45) is 3.75. The molecule has 0 bridgehead atoms. The van der Waals surface area contributed by atoms with Gasteiger partial charge in [0, 0.05) is 5.03 Å². The minimum absolute atomic E-state index is 0.324. The topological polar surface area (TPSA) is 63.6 Å². The predicted octanol–water partition coefficient (Wildman–Crippen LogP) is 0.948. The highest BCUT2D eigenvalue weighted by atomic mass is 35.5. The van der Waals surface area contributed by atoms with Crippen molar-refractivity contribution in [1.82, 2.24) is 20.2 Å². The molecule has 1 aliphatic carbocycles. The van der Waals surface area contributed by atoms with E-state index in [1.54, 1.807) is 0 Å². The van der Waals surface area contributed by atoms with Crippen LogP contribution < -0.4 is 5.69 Å². The van der Waals surface area contributed by atoms with Crippen LogP contribution in [0.1, 0.15) is 25.7 Å². The van der Waals surface area contributed by atoms with Crippen molar-refractivity contribution in [2.75, 3.05) is 0 Å². The standard InChI is InChI=1S/C7H9ClN4O/c8-5-3-1-2-4-6(5)12-7(13)9-10-11-12/h1-4H2,(H,9,11,13). The fraction of sp³-hybridized carbons (Fsp3) is 0.571. The summed E-state index contributed by atoms with van der Waals surface area (Å²) in [6, 6.07) is 0. The van der Waals surface area contributed by atoms with E-state index in [1.165, 1.54) is 4.68 Å². The predicted molar refractivity (Wildman–Crippen MR) is 48.2 cm³/mol. The van der Waals surface area contributed by atoms with Crippen molar-refractivity contribution in [3.05, 3.63) is 15.5 Å². The van der Waals surface area contributed by atoms with Gasteiger partial charge in [0.1, 0.15) is 0 Å². The van der Waals surface area contributed by atoms with E-state index in [0.29, 0.717) is 0 Å². The molecule has 1 aromatic rings. The second-order valence-corrected chi connectivity index (χ2v) is 3.43. The Labute approximate surface area is 79.4 Å². The van der Waals surface area contributed by atoms with E-state index >= 15 is 0 Å². The number of hydrogen-bond donors (Lipinski definition) is 1. The Balaban J connectivity index is 2.45. The van der Waals surface area contributed by atoms with E-state index in [1.807, 2.05) is 0 Å². The normalized spacial score (nSPS) is 17.9. The molecule has 0 saturated heterocycles. The highest BCUT2D eigenvalue weighted by Crippen LogP contribution is 2.28. The molecule has 0 atom stereocenters. The number of rotatable bonds is 1. The molecule has 1 aliphatic rings. The van der Waals surface area contributed by atoms with E-state index in [4.69, 9.17) is 11.6 Å². The summed E-state index contributed by atoms with van der Waals surface area (Å²) in [5.74, 6) is 0. The van der Waals surface area contributed by atoms with Crippen LogP contribution in [0.2, 0.25) is 0 Å². The van der Waals surface area contributed by atoms with E-state index in [9.17, 15) is 4.79 Å². The molecule has 2 rings (SSSR count). The average Bonchev–Trinajstić information content (AvgIpc) is 2.52. The summed E-state index contributed by atoms with van der Waals surface area (Å²) in [7, 11) is 0. The molecule has 5 nitrogen and oxygen atoms in total. The molecule has 0 radical (unpaired) electrons. The summed E-state index contributed by atoms with van der Waals surface area (Å²) in [5, 5.41) is 10.0. The molecule has 0 unspecified atom stereocenters. The molecule has 1 heterocycles. The summed E-state index contributed by atoms with van der Waals surface area (Å²) in [5.41, 5.74) is 0.460. The van der Waals surface area contributed by atoms with Crippen molar-refractivity contribution in [1.29, 1.82) is 0 Å². The van der Waals surface area contributed by atoms with Crippen molar-refractivity contribution in [2.45, 2.75) is 25.7 Å². The lowest BCUT2D eigenvalue weighted by molar-refractivity contribution is 0.673. The van der Waals surface area contributed by atoms with Crippen LogP contribution in [0.3, 0.4) is 0 Å². The number of aromatic nitrogens is 4. The first-order valence-electron chi connectivity index (χ1n) is 4.17. The van der Waals surface area contributed by atoms with Gasteiger partial charge in [0.15, 0.2) is 0 Å². The Kier molecular flexibility index (Phi) is 2.18. The minimum atomic E-state index is -0.324. The molecule has 6 heteroatoms. The fourth-order valence-electron chi connectivity index (χ4n) is 1.45. The number of tetrazole rings is 1. The number of aromatic amines is 1. The Morgan fingerprint density at radius 3 is 2.77 bits per heavy atom. The summed E-state index contributed by atoms with van der Waals surface area (Å²) >= 11 is 5.98. The van der Waals surface area contributed by atoms with Crippen LogP contribution in [0.15, 0.2) is 9.83 Å². The number of nitrogens with one attached hydrogen (secondary N) is 1. The molecule has 0 amide bonds. The van der Waals surface area contributed by atoms with Crippen molar-refractivity contribution in [3.63, 3.8) is 0 Å². The van der Waals surface area contributed by atoms with Crippen molar-refractivity contribution >= 4 is 17.3 Å². The first-order chi connectivity index (χ1) is 6.29. The van der Waals surface area contributed by atoms with Gasteiger partial charge in [-0.15, -0.1) is 0 Å². The molecule has 0 spiro atoms. The van der Waals surface area contributed by atoms with Crippen LogP contribution in [-0.2, 0) is 0 Å². The zero-order chi connectivity index (χ0) is 9.26. The molecular formula is C7H9ClN4O. The molecule has 0 aliphatic heterocycles. The second-order valence-electron chi connectivity index (χ2n) is 2.98. The van der Waals surface area contributed by atoms with Gasteiger partial charge in [-0.3, -0.25) is 0 Å². The molecule has 0 saturated carbocycles. The van der Waals surface area contributed by atoms with Crippen LogP contribution in [0.4, 0.5) is 0 Å². The number of nitrogens with zero attached hydrogens (tertiary/aromatic N) is 3. The third-order valence-electron chi connectivity index (χ3n) is 2.10. The first-order valence-corrected chi connectivity index (χ1v) is 4.55. The van der Waals surface area contributed by atoms with Gasteiger partial charge in [-0.05, 0) is 36.1 Å². The maximum Gasteiger partial charge on any atom is 0.365 e. The zero-order valence-corrected chi connectivity index (χ0v) is 7.71. The molecule has 13 heavy (non-hydrogen) atoms. The van der Waals surface area contributed by atoms with Gasteiger partial charge in [0.25, 0.3) is 0 Å². The first kappa shape index (κ1) is 8.50. The summed E-state index contributed by atoms with van der Waals surface area (Å²) in [6.45, 7) is 0. The van der Waals surface area contributed by atoms with Crippen LogP contribution in [0.25, 0.3) is 5.70 Å². The smallest absolute Gasteiger partial charge is 0.244 e. The quantitative estimate of drug-likeness (QED) is 0.734. The third-order valence-corrected chi connectivity index (χ3v) is 2.51. The Morgan fingerprint density at radius 1 is 1.38 bits per heavy atom. The largest absolute Gasteiger partial charge is 0.365 e. The van der Waals surface area contributed by atoms with Gasteiger partial charge in [-0.1, -0.05) is 11.6 Å². The van der Waals surface area contributed by atoms with Gasteiger partial charge < -0.3 is 0 Å². The maximum absolute atomic E-state index is 11.2. The lowest BCUT2D eigenvalue weighted by atomic mass is 10.0. The summed E-state index contributed by atoms with van der Waals surface area (Å²) < 4.78 is 1.24. The lowest BCUT2D eigenvalue weighted by Crippen LogP contribution is -2.19. The van der Waals surface area contributed by atoms with Crippen LogP contribution >= 0.6 is 11.6 Å². The van der Waals surface area contributed by atoms with Crippen LogP contribution in [0.5, 0.6) is 0 Å².